The Hall–Kier alpha value is -11.6. The molecule has 4 heterocycles. The van der Waals surface area contributed by atoms with Gasteiger partial charge in [0.25, 0.3) is 0 Å². The Bertz CT molecular complexity index is 5480. The van der Waals surface area contributed by atoms with Gasteiger partial charge < -0.3 is 0 Å². The number of pyridine rings is 2. The van der Waals surface area contributed by atoms with Gasteiger partial charge in [0.1, 0.15) is 0 Å². The molecule has 0 N–H and O–H groups in total. The minimum atomic E-state index is 0.629. The van der Waals surface area contributed by atoms with Crippen LogP contribution in [0, 0.1) is 6.92 Å². The normalized spacial score (nSPS) is 11.7. The number of hydrogen-bond donors (Lipinski definition) is 0. The van der Waals surface area contributed by atoms with Crippen LogP contribution in [0.5, 0.6) is 0 Å². The van der Waals surface area contributed by atoms with Crippen molar-refractivity contribution in [1.82, 2.24) is 29.9 Å². The monoisotopic (exact) mass is 1110 g/mol. The SMILES string of the molecule is Cc1c(-c2nc(-c3ccccc3-c3cccnc3)cc(-c3ccc4ccc5cccc6ccc3c4c56)n2)cccc1-c1cccc(-c2cc(-c3ccc4ccc5cccc6ccc3c4c56)nc(-c3ccc(-c4ccccc4)cc3)n2)c1-c1cccnc1. The van der Waals surface area contributed by atoms with E-state index < -0.39 is 0 Å². The lowest BCUT2D eigenvalue weighted by molar-refractivity contribution is 1.18. The molecule has 0 unspecified atom stereocenters. The van der Waals surface area contributed by atoms with Crippen molar-refractivity contribution in [2.45, 2.75) is 6.92 Å². The molecule has 0 aliphatic rings. The zero-order chi connectivity index (χ0) is 57.5. The molecule has 6 heteroatoms. The van der Waals surface area contributed by atoms with E-state index in [1.807, 2.05) is 36.9 Å². The maximum atomic E-state index is 5.62. The second-order valence-electron chi connectivity index (χ2n) is 22.5. The highest BCUT2D eigenvalue weighted by Crippen LogP contribution is 2.46. The van der Waals surface area contributed by atoms with Crippen molar-refractivity contribution in [3.05, 3.63) is 291 Å². The average molecular weight is 1110 g/mol. The molecule has 404 valence electrons. The van der Waals surface area contributed by atoms with Crippen LogP contribution in [0.15, 0.2) is 286 Å². The first-order valence-corrected chi connectivity index (χ1v) is 29.5. The van der Waals surface area contributed by atoms with Crippen molar-refractivity contribution in [3.63, 3.8) is 0 Å². The van der Waals surface area contributed by atoms with Gasteiger partial charge >= 0.3 is 0 Å². The number of benzene rings is 13. The van der Waals surface area contributed by atoms with Crippen LogP contribution in [0.2, 0.25) is 0 Å². The van der Waals surface area contributed by atoms with E-state index in [4.69, 9.17) is 24.9 Å². The van der Waals surface area contributed by atoms with E-state index in [1.165, 1.54) is 53.9 Å². The fourth-order valence-electron chi connectivity index (χ4n) is 13.5. The summed E-state index contributed by atoms with van der Waals surface area (Å²) in [6.45, 7) is 2.20. The van der Waals surface area contributed by atoms with Gasteiger partial charge in [0.15, 0.2) is 11.6 Å². The first kappa shape index (κ1) is 50.0. The first-order chi connectivity index (χ1) is 43.0. The van der Waals surface area contributed by atoms with E-state index in [0.717, 1.165) is 117 Å². The molecule has 0 amide bonds. The van der Waals surface area contributed by atoms with Crippen molar-refractivity contribution in [2.75, 3.05) is 0 Å². The van der Waals surface area contributed by atoms with Gasteiger partial charge in [-0.2, -0.15) is 0 Å². The van der Waals surface area contributed by atoms with Gasteiger partial charge in [-0.3, -0.25) is 9.97 Å². The topological polar surface area (TPSA) is 77.3 Å². The summed E-state index contributed by atoms with van der Waals surface area (Å²) in [6.07, 6.45) is 7.53. The number of rotatable bonds is 10. The van der Waals surface area contributed by atoms with E-state index in [0.29, 0.717) is 11.6 Å². The van der Waals surface area contributed by atoms with Crippen LogP contribution < -0.4 is 0 Å². The molecule has 0 spiro atoms. The smallest absolute Gasteiger partial charge is 0.160 e. The van der Waals surface area contributed by atoms with E-state index >= 15 is 0 Å². The first-order valence-electron chi connectivity index (χ1n) is 29.5. The predicted molar refractivity (Wildman–Crippen MR) is 360 cm³/mol. The zero-order valence-electron chi connectivity index (χ0n) is 47.3. The molecular formula is C81H50N6. The molecule has 17 rings (SSSR count). The van der Waals surface area contributed by atoms with Crippen molar-refractivity contribution in [1.29, 1.82) is 0 Å². The Balaban J connectivity index is 0.871. The van der Waals surface area contributed by atoms with Crippen molar-refractivity contribution < 1.29 is 0 Å². The lowest BCUT2D eigenvalue weighted by Crippen LogP contribution is -2.01. The van der Waals surface area contributed by atoms with Crippen LogP contribution >= 0.6 is 0 Å². The third-order valence-corrected chi connectivity index (χ3v) is 17.6. The van der Waals surface area contributed by atoms with Gasteiger partial charge in [-0.15, -0.1) is 0 Å². The standard InChI is InChI=1S/C81H50N6/c1-49-61(23-9-24-62(49)81-86-71(64-22-6-5-21-63(64)59-19-11-43-82-47-59)45-73(87-81)66-40-36-57-32-30-53-16-8-18-55-38-42-69(66)79(57)76(53)55)67-25-10-26-70(77(67)60-20-12-44-83-48-60)74-46-72(84-80(85-74)58-33-27-51(28-34-58)50-13-3-2-4-14-50)65-39-35-56-31-29-52-15-7-17-54-37-41-68(65)78(56)75(52)54/h2-48H,1H3. The maximum absolute atomic E-state index is 5.62. The highest BCUT2D eigenvalue weighted by molar-refractivity contribution is 6.26. The Morgan fingerprint density at radius 2 is 0.655 bits per heavy atom. The van der Waals surface area contributed by atoms with Crippen molar-refractivity contribution in [2.24, 2.45) is 0 Å². The van der Waals surface area contributed by atoms with Crippen LogP contribution in [-0.2, 0) is 0 Å². The lowest BCUT2D eigenvalue weighted by atomic mass is 9.86. The second-order valence-corrected chi connectivity index (χ2v) is 22.5. The Kier molecular flexibility index (Phi) is 11.7. The quantitative estimate of drug-likeness (QED) is 0.127. The number of hydrogen-bond acceptors (Lipinski definition) is 6. The fraction of sp³-hybridized carbons (Fsp3) is 0.0123. The molecule has 0 bridgehead atoms. The van der Waals surface area contributed by atoms with E-state index in [9.17, 15) is 0 Å². The molecule has 0 radical (unpaired) electrons. The summed E-state index contributed by atoms with van der Waals surface area (Å²) in [5.41, 5.74) is 18.6. The summed E-state index contributed by atoms with van der Waals surface area (Å²) >= 11 is 0. The van der Waals surface area contributed by atoms with Gasteiger partial charge in [0.05, 0.1) is 22.8 Å². The van der Waals surface area contributed by atoms with Crippen LogP contribution in [0.3, 0.4) is 0 Å². The largest absolute Gasteiger partial charge is 0.264 e. The summed E-state index contributed by atoms with van der Waals surface area (Å²) < 4.78 is 0. The third kappa shape index (κ3) is 8.41. The molecule has 4 aromatic heterocycles. The molecule has 6 nitrogen and oxygen atoms in total. The van der Waals surface area contributed by atoms with Gasteiger partial charge in [0, 0.05) is 74.9 Å². The fourth-order valence-corrected chi connectivity index (χ4v) is 13.5. The van der Waals surface area contributed by atoms with Crippen molar-refractivity contribution >= 4 is 64.6 Å². The Morgan fingerprint density at radius 3 is 1.24 bits per heavy atom. The molecule has 0 saturated carbocycles. The van der Waals surface area contributed by atoms with Crippen molar-refractivity contribution in [3.8, 4) is 112 Å². The molecule has 0 fully saturated rings. The van der Waals surface area contributed by atoms with E-state index in [-0.39, 0.29) is 0 Å². The summed E-state index contributed by atoms with van der Waals surface area (Å²) in [5.74, 6) is 1.26. The Labute approximate surface area is 502 Å². The molecule has 13 aromatic carbocycles. The van der Waals surface area contributed by atoms with Gasteiger partial charge in [-0.25, -0.2) is 19.9 Å². The summed E-state index contributed by atoms with van der Waals surface area (Å²) in [7, 11) is 0. The maximum Gasteiger partial charge on any atom is 0.160 e. The summed E-state index contributed by atoms with van der Waals surface area (Å²) in [4.78, 5) is 31.6. The molecule has 0 aliphatic heterocycles. The van der Waals surface area contributed by atoms with Gasteiger partial charge in [-0.05, 0) is 129 Å². The summed E-state index contributed by atoms with van der Waals surface area (Å²) in [5, 5.41) is 14.6. The molecule has 17 aromatic rings. The van der Waals surface area contributed by atoms with Crippen LogP contribution in [0.4, 0.5) is 0 Å². The van der Waals surface area contributed by atoms with Gasteiger partial charge in [-0.1, -0.05) is 237 Å². The van der Waals surface area contributed by atoms with E-state index in [1.54, 1.807) is 0 Å². The van der Waals surface area contributed by atoms with Crippen LogP contribution in [0.1, 0.15) is 5.56 Å². The minimum Gasteiger partial charge on any atom is -0.264 e. The molecule has 0 aliphatic carbocycles. The highest BCUT2D eigenvalue weighted by atomic mass is 14.9. The van der Waals surface area contributed by atoms with E-state index in [2.05, 4.69) is 261 Å². The van der Waals surface area contributed by atoms with Crippen LogP contribution in [-0.4, -0.2) is 29.9 Å². The highest BCUT2D eigenvalue weighted by Gasteiger charge is 2.24. The zero-order valence-corrected chi connectivity index (χ0v) is 47.3. The molecular weight excluding hydrogens is 1060 g/mol. The summed E-state index contributed by atoms with van der Waals surface area (Å²) in [6, 6.07) is 93.3. The van der Waals surface area contributed by atoms with Gasteiger partial charge in [0.2, 0.25) is 0 Å². The molecule has 87 heavy (non-hydrogen) atoms. The molecule has 0 saturated heterocycles. The Morgan fingerprint density at radius 1 is 0.241 bits per heavy atom. The molecule has 0 atom stereocenters. The predicted octanol–water partition coefficient (Wildman–Crippen LogP) is 20.8. The number of nitrogens with zero attached hydrogens (tertiary/aromatic N) is 6. The number of aromatic nitrogens is 6. The van der Waals surface area contributed by atoms with Crippen LogP contribution in [0.25, 0.3) is 177 Å². The average Bonchev–Trinajstić information content (AvgIpc) is 0.991. The third-order valence-electron chi connectivity index (χ3n) is 17.6. The lowest BCUT2D eigenvalue weighted by Gasteiger charge is -2.20. The second kappa shape index (κ2) is 20.3. The minimum absolute atomic E-state index is 0.629.